The topological polar surface area (TPSA) is 82.0 Å². The highest BCUT2D eigenvalue weighted by Crippen LogP contribution is 2.17. The van der Waals surface area contributed by atoms with E-state index in [2.05, 4.69) is 11.6 Å². The lowest BCUT2D eigenvalue weighted by atomic mass is 10.2. The third-order valence-electron chi connectivity index (χ3n) is 1.32. The van der Waals surface area contributed by atoms with Crippen LogP contribution in [-0.4, -0.2) is 9.91 Å². The second kappa shape index (κ2) is 3.00. The number of nitrogens with two attached hydrogens (primary N) is 1. The minimum Gasteiger partial charge on any atom is -0.363 e. The molecule has 1 aromatic rings. The second-order valence-electron chi connectivity index (χ2n) is 2.11. The summed E-state index contributed by atoms with van der Waals surface area (Å²) in [6.07, 6.45) is 1.37. The normalized spacial score (nSPS) is 9.33. The van der Waals surface area contributed by atoms with Gasteiger partial charge in [0.1, 0.15) is 0 Å². The Morgan fingerprint density at radius 2 is 2.33 bits per heavy atom. The van der Waals surface area contributed by atoms with Crippen LogP contribution >= 0.6 is 0 Å². The molecule has 2 N–H and O–H groups in total. The summed E-state index contributed by atoms with van der Waals surface area (Å²) in [6.45, 7) is 3.42. The van der Waals surface area contributed by atoms with Crippen molar-refractivity contribution in [3.63, 3.8) is 0 Å². The number of aromatic nitrogens is 1. The standard InChI is InChI=1S/C7H7N3O2/c1-2-5-3-4-6(8)9-7(5)10(11)12/h2-4H,1H2,(H2,8,9). The van der Waals surface area contributed by atoms with Gasteiger partial charge in [-0.25, -0.2) is 0 Å². The minimum absolute atomic E-state index is 0.132. The van der Waals surface area contributed by atoms with Crippen LogP contribution < -0.4 is 5.73 Å². The van der Waals surface area contributed by atoms with E-state index in [1.165, 1.54) is 18.2 Å². The molecule has 0 aromatic carbocycles. The Bertz CT molecular complexity index is 335. The molecule has 0 radical (unpaired) electrons. The summed E-state index contributed by atoms with van der Waals surface area (Å²) in [5.41, 5.74) is 5.64. The molecule has 1 aromatic heterocycles. The molecule has 0 saturated heterocycles. The molecule has 62 valence electrons. The molecule has 0 fully saturated rings. The molecule has 0 saturated carbocycles. The van der Waals surface area contributed by atoms with Crippen molar-refractivity contribution in [3.8, 4) is 0 Å². The molecule has 0 bridgehead atoms. The van der Waals surface area contributed by atoms with Gasteiger partial charge in [-0.1, -0.05) is 12.7 Å². The summed E-state index contributed by atoms with van der Waals surface area (Å²) in [5.74, 6) is -0.127. The maximum Gasteiger partial charge on any atom is 0.373 e. The van der Waals surface area contributed by atoms with Crippen molar-refractivity contribution in [2.24, 2.45) is 0 Å². The van der Waals surface area contributed by atoms with Gasteiger partial charge in [0, 0.05) is 6.07 Å². The first-order chi connectivity index (χ1) is 5.65. The van der Waals surface area contributed by atoms with Gasteiger partial charge < -0.3 is 15.8 Å². The summed E-state index contributed by atoms with van der Waals surface area (Å²) in [4.78, 5) is 13.3. The Balaban J connectivity index is 3.30. The molecule has 0 spiro atoms. The highest BCUT2D eigenvalue weighted by Gasteiger charge is 2.12. The number of rotatable bonds is 2. The van der Waals surface area contributed by atoms with E-state index in [9.17, 15) is 10.1 Å². The number of nitrogens with zero attached hydrogens (tertiary/aromatic N) is 2. The molecule has 5 nitrogen and oxygen atoms in total. The van der Waals surface area contributed by atoms with Crippen molar-refractivity contribution >= 4 is 17.7 Å². The first kappa shape index (κ1) is 8.19. The highest BCUT2D eigenvalue weighted by atomic mass is 16.6. The van der Waals surface area contributed by atoms with Crippen LogP contribution in [0.15, 0.2) is 18.7 Å². The lowest BCUT2D eigenvalue weighted by molar-refractivity contribution is -0.389. The fraction of sp³-hybridized carbons (Fsp3) is 0. The lowest BCUT2D eigenvalue weighted by Crippen LogP contribution is -1.98. The number of hydrogen-bond acceptors (Lipinski definition) is 4. The zero-order valence-corrected chi connectivity index (χ0v) is 6.23. The third-order valence-corrected chi connectivity index (χ3v) is 1.32. The average Bonchev–Trinajstić information content (AvgIpc) is 2.04. The Morgan fingerprint density at radius 1 is 1.67 bits per heavy atom. The van der Waals surface area contributed by atoms with Gasteiger partial charge in [0.05, 0.1) is 5.56 Å². The molecular weight excluding hydrogens is 158 g/mol. The molecule has 12 heavy (non-hydrogen) atoms. The summed E-state index contributed by atoms with van der Waals surface area (Å²) in [7, 11) is 0. The number of hydrogen-bond donors (Lipinski definition) is 1. The summed E-state index contributed by atoms with van der Waals surface area (Å²) in [6, 6.07) is 3.00. The zero-order valence-electron chi connectivity index (χ0n) is 6.23. The molecule has 0 aliphatic heterocycles. The van der Waals surface area contributed by atoms with Gasteiger partial charge in [-0.05, 0) is 16.0 Å². The fourth-order valence-electron chi connectivity index (χ4n) is 0.779. The van der Waals surface area contributed by atoms with E-state index in [-0.39, 0.29) is 11.6 Å². The molecule has 0 aliphatic carbocycles. The van der Waals surface area contributed by atoms with Crippen molar-refractivity contribution in [1.82, 2.24) is 4.98 Å². The average molecular weight is 165 g/mol. The Morgan fingerprint density at radius 3 is 2.83 bits per heavy atom. The van der Waals surface area contributed by atoms with E-state index in [4.69, 9.17) is 5.73 Å². The first-order valence-electron chi connectivity index (χ1n) is 3.18. The van der Waals surface area contributed by atoms with E-state index >= 15 is 0 Å². The van der Waals surface area contributed by atoms with Crippen LogP contribution in [0.4, 0.5) is 11.6 Å². The Labute approximate surface area is 68.7 Å². The van der Waals surface area contributed by atoms with Gasteiger partial charge in [-0.3, -0.25) is 0 Å². The monoisotopic (exact) mass is 165 g/mol. The second-order valence-corrected chi connectivity index (χ2v) is 2.11. The molecule has 0 unspecified atom stereocenters. The fourth-order valence-corrected chi connectivity index (χ4v) is 0.779. The summed E-state index contributed by atoms with van der Waals surface area (Å²) >= 11 is 0. The number of nitro groups is 1. The van der Waals surface area contributed by atoms with Gasteiger partial charge in [0.25, 0.3) is 0 Å². The molecule has 1 heterocycles. The predicted molar refractivity (Wildman–Crippen MR) is 45.4 cm³/mol. The molecule has 5 heteroatoms. The van der Waals surface area contributed by atoms with Crippen molar-refractivity contribution in [3.05, 3.63) is 34.4 Å². The van der Waals surface area contributed by atoms with Crippen molar-refractivity contribution in [1.29, 1.82) is 0 Å². The van der Waals surface area contributed by atoms with Crippen LogP contribution in [0.5, 0.6) is 0 Å². The Kier molecular flexibility index (Phi) is 2.05. The summed E-state index contributed by atoms with van der Waals surface area (Å²) in [5, 5.41) is 10.4. The first-order valence-corrected chi connectivity index (χ1v) is 3.18. The van der Waals surface area contributed by atoms with Crippen LogP contribution in [0, 0.1) is 10.1 Å². The SMILES string of the molecule is C=Cc1ccc(N)nc1[N+](=O)[O-]. The Hall–Kier alpha value is -1.91. The van der Waals surface area contributed by atoms with Crippen molar-refractivity contribution in [2.75, 3.05) is 5.73 Å². The van der Waals surface area contributed by atoms with Crippen LogP contribution in [0.3, 0.4) is 0 Å². The zero-order chi connectivity index (χ0) is 9.14. The molecule has 0 amide bonds. The maximum absolute atomic E-state index is 10.4. The molecule has 0 aliphatic rings. The minimum atomic E-state index is -0.590. The van der Waals surface area contributed by atoms with Crippen molar-refractivity contribution < 1.29 is 4.92 Å². The lowest BCUT2D eigenvalue weighted by Gasteiger charge is -1.95. The van der Waals surface area contributed by atoms with E-state index in [1.807, 2.05) is 0 Å². The van der Waals surface area contributed by atoms with Crippen LogP contribution in [0.1, 0.15) is 5.56 Å². The van der Waals surface area contributed by atoms with Gasteiger partial charge in [0.15, 0.2) is 0 Å². The van der Waals surface area contributed by atoms with Crippen molar-refractivity contribution in [2.45, 2.75) is 0 Å². The van der Waals surface area contributed by atoms with E-state index in [1.54, 1.807) is 0 Å². The van der Waals surface area contributed by atoms with E-state index in [0.29, 0.717) is 5.56 Å². The van der Waals surface area contributed by atoms with Gasteiger partial charge >= 0.3 is 5.82 Å². The van der Waals surface area contributed by atoms with Crippen LogP contribution in [-0.2, 0) is 0 Å². The smallest absolute Gasteiger partial charge is 0.363 e. The number of nitrogen functional groups attached to an aromatic ring is 1. The highest BCUT2D eigenvalue weighted by molar-refractivity contribution is 5.58. The predicted octanol–water partition coefficient (Wildman–Crippen LogP) is 1.22. The molecule has 1 rings (SSSR count). The summed E-state index contributed by atoms with van der Waals surface area (Å²) < 4.78 is 0. The van der Waals surface area contributed by atoms with E-state index in [0.717, 1.165) is 0 Å². The van der Waals surface area contributed by atoms with Crippen LogP contribution in [0.2, 0.25) is 0 Å². The maximum atomic E-state index is 10.4. The number of anilines is 1. The molecule has 0 atom stereocenters. The third kappa shape index (κ3) is 1.39. The quantitative estimate of drug-likeness (QED) is 0.527. The van der Waals surface area contributed by atoms with Gasteiger partial charge in [-0.15, -0.1) is 0 Å². The molecular formula is C7H7N3O2. The van der Waals surface area contributed by atoms with Crippen LogP contribution in [0.25, 0.3) is 6.08 Å². The van der Waals surface area contributed by atoms with Gasteiger partial charge in [0.2, 0.25) is 5.82 Å². The van der Waals surface area contributed by atoms with E-state index < -0.39 is 4.92 Å². The number of pyridine rings is 1. The largest absolute Gasteiger partial charge is 0.373 e. The van der Waals surface area contributed by atoms with Gasteiger partial charge in [-0.2, -0.15) is 0 Å².